The summed E-state index contributed by atoms with van der Waals surface area (Å²) in [6, 6.07) is 0. The van der Waals surface area contributed by atoms with Gasteiger partial charge in [-0.25, -0.2) is 14.8 Å². The molecular formula is C11H18N2O5. The van der Waals surface area contributed by atoms with Crippen molar-refractivity contribution in [1.29, 1.82) is 0 Å². The minimum absolute atomic E-state index is 0.0204. The fourth-order valence-corrected chi connectivity index (χ4v) is 1.54. The van der Waals surface area contributed by atoms with Gasteiger partial charge in [-0.2, -0.15) is 0 Å². The number of rotatable bonds is 3. The zero-order valence-electron chi connectivity index (χ0n) is 10.8. The Morgan fingerprint density at radius 2 is 2.00 bits per heavy atom. The molecule has 1 aliphatic rings. The SMILES string of the molecule is CC(C)(C)OC(=O)N1CCC(=O)N1CCC(=O)O. The molecule has 2 amide bonds. The number of carbonyl (C=O) groups excluding carboxylic acids is 2. The van der Waals surface area contributed by atoms with Gasteiger partial charge in [0, 0.05) is 6.42 Å². The van der Waals surface area contributed by atoms with E-state index in [2.05, 4.69) is 0 Å². The van der Waals surface area contributed by atoms with E-state index in [1.807, 2.05) is 0 Å². The Labute approximate surface area is 105 Å². The molecule has 1 N–H and O–H groups in total. The lowest BCUT2D eigenvalue weighted by atomic mass is 10.2. The molecule has 1 rings (SSSR count). The molecule has 1 saturated heterocycles. The first-order valence-corrected chi connectivity index (χ1v) is 5.73. The standard InChI is InChI=1S/C11H18N2O5/c1-11(2,3)18-10(17)13-6-4-8(14)12(13)7-5-9(15)16/h4-7H2,1-3H3,(H,15,16). The first kappa shape index (κ1) is 14.3. The highest BCUT2D eigenvalue weighted by molar-refractivity contribution is 5.83. The molecule has 0 saturated carbocycles. The van der Waals surface area contributed by atoms with E-state index in [9.17, 15) is 14.4 Å². The molecule has 0 unspecified atom stereocenters. The molecule has 1 aliphatic heterocycles. The third-order valence-electron chi connectivity index (χ3n) is 2.26. The Morgan fingerprint density at radius 3 is 2.50 bits per heavy atom. The molecule has 1 fully saturated rings. The number of carboxylic acids is 1. The summed E-state index contributed by atoms with van der Waals surface area (Å²) in [7, 11) is 0. The van der Waals surface area contributed by atoms with Crippen LogP contribution in [0.5, 0.6) is 0 Å². The van der Waals surface area contributed by atoms with Crippen LogP contribution in [-0.4, -0.2) is 51.8 Å². The van der Waals surface area contributed by atoms with Crippen molar-refractivity contribution in [2.45, 2.75) is 39.2 Å². The molecule has 7 nitrogen and oxygen atoms in total. The van der Waals surface area contributed by atoms with Crippen LogP contribution in [0.25, 0.3) is 0 Å². The molecule has 0 aromatic carbocycles. The van der Waals surface area contributed by atoms with E-state index in [-0.39, 0.29) is 31.8 Å². The number of carbonyl (C=O) groups is 3. The van der Waals surface area contributed by atoms with E-state index in [1.165, 1.54) is 0 Å². The minimum atomic E-state index is -1.01. The second kappa shape index (κ2) is 5.24. The highest BCUT2D eigenvalue weighted by Gasteiger charge is 2.35. The molecule has 18 heavy (non-hydrogen) atoms. The topological polar surface area (TPSA) is 87.2 Å². The van der Waals surface area contributed by atoms with E-state index in [1.54, 1.807) is 20.8 Å². The van der Waals surface area contributed by atoms with Gasteiger partial charge >= 0.3 is 12.1 Å². The van der Waals surface area contributed by atoms with Gasteiger partial charge in [0.15, 0.2) is 0 Å². The van der Waals surface area contributed by atoms with E-state index >= 15 is 0 Å². The summed E-state index contributed by atoms with van der Waals surface area (Å²) in [4.78, 5) is 33.9. The van der Waals surface area contributed by atoms with Gasteiger partial charge in [-0.1, -0.05) is 0 Å². The Bertz CT molecular complexity index is 361. The van der Waals surface area contributed by atoms with Crippen LogP contribution in [-0.2, 0) is 14.3 Å². The third-order valence-corrected chi connectivity index (χ3v) is 2.26. The van der Waals surface area contributed by atoms with Crippen LogP contribution < -0.4 is 0 Å². The number of amides is 2. The lowest BCUT2D eigenvalue weighted by Gasteiger charge is -2.30. The van der Waals surface area contributed by atoms with Crippen molar-refractivity contribution in [3.63, 3.8) is 0 Å². The summed E-state index contributed by atoms with van der Waals surface area (Å²) in [6.45, 7) is 5.39. The van der Waals surface area contributed by atoms with Crippen molar-refractivity contribution in [3.8, 4) is 0 Å². The predicted molar refractivity (Wildman–Crippen MR) is 61.5 cm³/mol. The number of aliphatic carboxylic acids is 1. The summed E-state index contributed by atoms with van der Waals surface area (Å²) in [5.74, 6) is -1.28. The average Bonchev–Trinajstić information content (AvgIpc) is 2.54. The normalized spacial score (nSPS) is 16.1. The van der Waals surface area contributed by atoms with Crippen LogP contribution in [0.2, 0.25) is 0 Å². The Hall–Kier alpha value is -1.79. The molecule has 1 heterocycles. The fraction of sp³-hybridized carbons (Fsp3) is 0.727. The fourth-order valence-electron chi connectivity index (χ4n) is 1.54. The molecule has 0 bridgehead atoms. The predicted octanol–water partition coefficient (Wildman–Crippen LogP) is 0.846. The molecule has 0 aliphatic carbocycles. The average molecular weight is 258 g/mol. The van der Waals surface area contributed by atoms with Crippen molar-refractivity contribution in [2.75, 3.05) is 13.1 Å². The molecule has 0 aromatic heterocycles. The maximum absolute atomic E-state index is 11.8. The van der Waals surface area contributed by atoms with Crippen molar-refractivity contribution >= 4 is 18.0 Å². The Kier molecular flexibility index (Phi) is 4.15. The molecule has 0 radical (unpaired) electrons. The highest BCUT2D eigenvalue weighted by Crippen LogP contribution is 2.17. The molecule has 7 heteroatoms. The van der Waals surface area contributed by atoms with E-state index in [0.717, 1.165) is 10.0 Å². The summed E-state index contributed by atoms with van der Waals surface area (Å²) in [5.41, 5.74) is -0.652. The number of nitrogens with zero attached hydrogens (tertiary/aromatic N) is 2. The van der Waals surface area contributed by atoms with Gasteiger partial charge in [0.25, 0.3) is 0 Å². The smallest absolute Gasteiger partial charge is 0.429 e. The van der Waals surface area contributed by atoms with Crippen LogP contribution in [0, 0.1) is 0 Å². The quantitative estimate of drug-likeness (QED) is 0.810. The number of ether oxygens (including phenoxy) is 1. The molecule has 102 valence electrons. The zero-order valence-corrected chi connectivity index (χ0v) is 10.8. The zero-order chi connectivity index (χ0) is 13.9. The summed E-state index contributed by atoms with van der Waals surface area (Å²) >= 11 is 0. The van der Waals surface area contributed by atoms with Crippen molar-refractivity contribution < 1.29 is 24.2 Å². The van der Waals surface area contributed by atoms with Crippen molar-refractivity contribution in [3.05, 3.63) is 0 Å². The Balaban J connectivity index is 2.65. The Morgan fingerprint density at radius 1 is 1.39 bits per heavy atom. The van der Waals surface area contributed by atoms with Gasteiger partial charge in [-0.05, 0) is 20.8 Å². The summed E-state index contributed by atoms with van der Waals surface area (Å²) < 4.78 is 5.15. The van der Waals surface area contributed by atoms with E-state index in [0.29, 0.717) is 0 Å². The molecule has 0 aromatic rings. The number of hydrogen-bond donors (Lipinski definition) is 1. The van der Waals surface area contributed by atoms with Gasteiger partial charge in [-0.3, -0.25) is 9.59 Å². The number of carboxylic acid groups (broad SMARTS) is 1. The van der Waals surface area contributed by atoms with Crippen LogP contribution in [0.15, 0.2) is 0 Å². The third kappa shape index (κ3) is 3.90. The van der Waals surface area contributed by atoms with Gasteiger partial charge in [0.1, 0.15) is 5.60 Å². The first-order valence-electron chi connectivity index (χ1n) is 5.73. The van der Waals surface area contributed by atoms with Crippen LogP contribution in [0.4, 0.5) is 4.79 Å². The maximum Gasteiger partial charge on any atom is 0.429 e. The second-order valence-electron chi connectivity index (χ2n) is 5.01. The second-order valence-corrected chi connectivity index (χ2v) is 5.01. The van der Waals surface area contributed by atoms with E-state index < -0.39 is 17.7 Å². The minimum Gasteiger partial charge on any atom is -0.481 e. The highest BCUT2D eigenvalue weighted by atomic mass is 16.6. The first-order chi connectivity index (χ1) is 8.20. The monoisotopic (exact) mass is 258 g/mol. The lowest BCUT2D eigenvalue weighted by Crippen LogP contribution is -2.46. The number of hydrogen-bond acceptors (Lipinski definition) is 4. The maximum atomic E-state index is 11.8. The van der Waals surface area contributed by atoms with Crippen LogP contribution in [0.1, 0.15) is 33.6 Å². The van der Waals surface area contributed by atoms with Crippen LogP contribution in [0.3, 0.4) is 0 Å². The van der Waals surface area contributed by atoms with Gasteiger partial charge in [-0.15, -0.1) is 0 Å². The largest absolute Gasteiger partial charge is 0.481 e. The van der Waals surface area contributed by atoms with Gasteiger partial charge in [0.05, 0.1) is 19.5 Å². The lowest BCUT2D eigenvalue weighted by molar-refractivity contribution is -0.142. The van der Waals surface area contributed by atoms with Crippen molar-refractivity contribution in [2.24, 2.45) is 0 Å². The van der Waals surface area contributed by atoms with Crippen LogP contribution >= 0.6 is 0 Å². The van der Waals surface area contributed by atoms with Gasteiger partial charge in [0.2, 0.25) is 5.91 Å². The summed E-state index contributed by atoms with van der Waals surface area (Å²) in [5, 5.41) is 10.9. The molecular weight excluding hydrogens is 240 g/mol. The molecule has 0 atom stereocenters. The molecule has 0 spiro atoms. The van der Waals surface area contributed by atoms with Gasteiger partial charge < -0.3 is 9.84 Å². The van der Waals surface area contributed by atoms with E-state index in [4.69, 9.17) is 9.84 Å². The summed E-state index contributed by atoms with van der Waals surface area (Å²) in [6.07, 6.45) is -0.636. The van der Waals surface area contributed by atoms with Crippen molar-refractivity contribution in [1.82, 2.24) is 10.0 Å². The number of hydrazine groups is 1.